The maximum absolute atomic E-state index is 3.51. The Bertz CT molecular complexity index is 290. The first-order valence-corrected chi connectivity index (χ1v) is 5.32. The Morgan fingerprint density at radius 3 is 2.00 bits per heavy atom. The van der Waals surface area contributed by atoms with Gasteiger partial charge < -0.3 is 5.32 Å². The van der Waals surface area contributed by atoms with Crippen LogP contribution in [0.4, 0.5) is 5.69 Å². The summed E-state index contributed by atoms with van der Waals surface area (Å²) in [5.41, 5.74) is 5.35. The predicted octanol–water partition coefficient (Wildman–Crippen LogP) is 3.68. The summed E-state index contributed by atoms with van der Waals surface area (Å²) in [5.74, 6) is 0.690. The van der Waals surface area contributed by atoms with Crippen LogP contribution in [0.5, 0.6) is 0 Å². The third-order valence-electron chi connectivity index (χ3n) is 2.36. The van der Waals surface area contributed by atoms with E-state index < -0.39 is 0 Å². The zero-order valence-corrected chi connectivity index (χ0v) is 9.94. The van der Waals surface area contributed by atoms with E-state index in [4.69, 9.17) is 0 Å². The normalized spacial score (nSPS) is 10.7. The smallest absolute Gasteiger partial charge is 0.0399 e. The Kier molecular flexibility index (Phi) is 3.56. The van der Waals surface area contributed by atoms with Crippen LogP contribution in [0.15, 0.2) is 12.1 Å². The molecular formula is C13H21N. The van der Waals surface area contributed by atoms with Crippen molar-refractivity contribution in [3.8, 4) is 0 Å². The molecule has 0 heterocycles. The zero-order valence-electron chi connectivity index (χ0n) is 9.94. The van der Waals surface area contributed by atoms with E-state index in [2.05, 4.69) is 52.1 Å². The number of nitrogens with one attached hydrogen (secondary N) is 1. The lowest BCUT2D eigenvalue weighted by molar-refractivity contribution is 0.688. The largest absolute Gasteiger partial charge is 0.384 e. The van der Waals surface area contributed by atoms with Crippen LogP contribution in [0, 0.1) is 26.7 Å². The van der Waals surface area contributed by atoms with Crippen molar-refractivity contribution in [3.63, 3.8) is 0 Å². The molecule has 0 aliphatic rings. The first-order valence-electron chi connectivity index (χ1n) is 5.32. The fourth-order valence-electron chi connectivity index (χ4n) is 1.77. The quantitative estimate of drug-likeness (QED) is 0.768. The van der Waals surface area contributed by atoms with Gasteiger partial charge in [0.15, 0.2) is 0 Å². The van der Waals surface area contributed by atoms with Gasteiger partial charge in [-0.3, -0.25) is 0 Å². The van der Waals surface area contributed by atoms with E-state index in [1.54, 1.807) is 0 Å². The van der Waals surface area contributed by atoms with Gasteiger partial charge in [0.2, 0.25) is 0 Å². The van der Waals surface area contributed by atoms with Gasteiger partial charge >= 0.3 is 0 Å². The van der Waals surface area contributed by atoms with Gasteiger partial charge in [0.25, 0.3) is 0 Å². The van der Waals surface area contributed by atoms with Crippen molar-refractivity contribution in [1.82, 2.24) is 0 Å². The van der Waals surface area contributed by atoms with Gasteiger partial charge in [0.05, 0.1) is 0 Å². The van der Waals surface area contributed by atoms with Crippen LogP contribution in [-0.4, -0.2) is 6.54 Å². The van der Waals surface area contributed by atoms with Crippen molar-refractivity contribution in [2.75, 3.05) is 11.9 Å². The second kappa shape index (κ2) is 4.50. The Labute approximate surface area is 87.5 Å². The van der Waals surface area contributed by atoms with Crippen molar-refractivity contribution in [2.45, 2.75) is 34.6 Å². The molecule has 0 spiro atoms. The van der Waals surface area contributed by atoms with Crippen LogP contribution in [0.2, 0.25) is 0 Å². The Morgan fingerprint density at radius 2 is 1.57 bits per heavy atom. The summed E-state index contributed by atoms with van der Waals surface area (Å²) < 4.78 is 0. The Balaban J connectivity index is 2.86. The van der Waals surface area contributed by atoms with Gasteiger partial charge in [0.1, 0.15) is 0 Å². The first kappa shape index (κ1) is 11.1. The highest BCUT2D eigenvalue weighted by molar-refractivity contribution is 5.58. The van der Waals surface area contributed by atoms with Crippen molar-refractivity contribution in [1.29, 1.82) is 0 Å². The maximum Gasteiger partial charge on any atom is 0.0399 e. The lowest BCUT2D eigenvalue weighted by atomic mass is 10.0. The van der Waals surface area contributed by atoms with E-state index in [1.807, 2.05) is 0 Å². The number of hydrogen-bond acceptors (Lipinski definition) is 1. The SMILES string of the molecule is Cc1cc(C)c(NCC(C)C)c(C)c1. The van der Waals surface area contributed by atoms with Gasteiger partial charge in [-0.1, -0.05) is 31.5 Å². The van der Waals surface area contributed by atoms with Crippen molar-refractivity contribution >= 4 is 5.69 Å². The van der Waals surface area contributed by atoms with Gasteiger partial charge in [-0.15, -0.1) is 0 Å². The summed E-state index contributed by atoms with van der Waals surface area (Å²) in [6.07, 6.45) is 0. The highest BCUT2D eigenvalue weighted by Crippen LogP contribution is 2.21. The molecule has 0 saturated carbocycles. The lowest BCUT2D eigenvalue weighted by Crippen LogP contribution is -2.10. The highest BCUT2D eigenvalue weighted by Gasteiger charge is 2.03. The molecule has 0 atom stereocenters. The summed E-state index contributed by atoms with van der Waals surface area (Å²) in [6, 6.07) is 4.46. The summed E-state index contributed by atoms with van der Waals surface area (Å²) in [4.78, 5) is 0. The van der Waals surface area contributed by atoms with E-state index in [1.165, 1.54) is 22.4 Å². The molecule has 0 aliphatic carbocycles. The molecule has 1 nitrogen and oxygen atoms in total. The minimum atomic E-state index is 0.690. The van der Waals surface area contributed by atoms with Gasteiger partial charge in [-0.05, 0) is 37.8 Å². The van der Waals surface area contributed by atoms with E-state index >= 15 is 0 Å². The summed E-state index contributed by atoms with van der Waals surface area (Å²) in [5, 5.41) is 3.51. The molecule has 0 bridgehead atoms. The second-order valence-corrected chi connectivity index (χ2v) is 4.55. The molecule has 1 rings (SSSR count). The molecule has 0 radical (unpaired) electrons. The number of rotatable bonds is 3. The monoisotopic (exact) mass is 191 g/mol. The van der Waals surface area contributed by atoms with Crippen LogP contribution in [-0.2, 0) is 0 Å². The number of hydrogen-bond donors (Lipinski definition) is 1. The number of benzene rings is 1. The van der Waals surface area contributed by atoms with Crippen molar-refractivity contribution in [2.24, 2.45) is 5.92 Å². The van der Waals surface area contributed by atoms with E-state index in [0.717, 1.165) is 6.54 Å². The molecule has 1 aromatic rings. The number of anilines is 1. The van der Waals surface area contributed by atoms with E-state index in [9.17, 15) is 0 Å². The van der Waals surface area contributed by atoms with Crippen LogP contribution >= 0.6 is 0 Å². The minimum Gasteiger partial charge on any atom is -0.384 e. The summed E-state index contributed by atoms with van der Waals surface area (Å²) in [7, 11) is 0. The molecule has 0 aliphatic heterocycles. The molecule has 0 aromatic heterocycles. The fraction of sp³-hybridized carbons (Fsp3) is 0.538. The standard InChI is InChI=1S/C13H21N/c1-9(2)8-14-13-11(4)6-10(3)7-12(13)5/h6-7,9,14H,8H2,1-5H3. The molecule has 1 heteroatoms. The van der Waals surface area contributed by atoms with E-state index in [-0.39, 0.29) is 0 Å². The molecular weight excluding hydrogens is 170 g/mol. The average molecular weight is 191 g/mol. The average Bonchev–Trinajstić information content (AvgIpc) is 2.01. The van der Waals surface area contributed by atoms with Crippen LogP contribution < -0.4 is 5.32 Å². The van der Waals surface area contributed by atoms with Crippen LogP contribution in [0.3, 0.4) is 0 Å². The molecule has 0 saturated heterocycles. The zero-order chi connectivity index (χ0) is 10.7. The second-order valence-electron chi connectivity index (χ2n) is 4.55. The molecule has 1 N–H and O–H groups in total. The lowest BCUT2D eigenvalue weighted by Gasteiger charge is -2.15. The van der Waals surface area contributed by atoms with Gasteiger partial charge in [0, 0.05) is 12.2 Å². The fourth-order valence-corrected chi connectivity index (χ4v) is 1.77. The van der Waals surface area contributed by atoms with E-state index in [0.29, 0.717) is 5.92 Å². The molecule has 0 unspecified atom stereocenters. The van der Waals surface area contributed by atoms with Crippen molar-refractivity contribution < 1.29 is 0 Å². The summed E-state index contributed by atoms with van der Waals surface area (Å²) >= 11 is 0. The third kappa shape index (κ3) is 2.76. The first-order chi connectivity index (χ1) is 6.50. The number of aryl methyl sites for hydroxylation is 3. The Hall–Kier alpha value is -0.980. The van der Waals surface area contributed by atoms with Crippen molar-refractivity contribution in [3.05, 3.63) is 28.8 Å². The molecule has 14 heavy (non-hydrogen) atoms. The minimum absolute atomic E-state index is 0.690. The summed E-state index contributed by atoms with van der Waals surface area (Å²) in [6.45, 7) is 12.0. The van der Waals surface area contributed by atoms with Gasteiger partial charge in [-0.25, -0.2) is 0 Å². The van der Waals surface area contributed by atoms with Crippen LogP contribution in [0.1, 0.15) is 30.5 Å². The molecule has 1 aromatic carbocycles. The maximum atomic E-state index is 3.51. The molecule has 0 fully saturated rings. The highest BCUT2D eigenvalue weighted by atomic mass is 14.9. The Morgan fingerprint density at radius 1 is 1.07 bits per heavy atom. The van der Waals surface area contributed by atoms with Gasteiger partial charge in [-0.2, -0.15) is 0 Å². The third-order valence-corrected chi connectivity index (χ3v) is 2.36. The van der Waals surface area contributed by atoms with Crippen LogP contribution in [0.25, 0.3) is 0 Å². The molecule has 78 valence electrons. The topological polar surface area (TPSA) is 12.0 Å². The molecule has 0 amide bonds. The predicted molar refractivity (Wildman–Crippen MR) is 64.0 cm³/mol.